The molecule has 6 heteroatoms. The van der Waals surface area contributed by atoms with Crippen molar-refractivity contribution >= 4 is 17.9 Å². The third-order valence-electron chi connectivity index (χ3n) is 14.9. The number of carbonyl (C=O) groups is 3. The zero-order valence-electron chi connectivity index (χ0n) is 54.4. The molecule has 0 radical (unpaired) electrons. The van der Waals surface area contributed by atoms with Gasteiger partial charge in [-0.1, -0.05) is 316 Å². The van der Waals surface area contributed by atoms with Crippen molar-refractivity contribution in [3.63, 3.8) is 0 Å². The van der Waals surface area contributed by atoms with Gasteiger partial charge in [0.1, 0.15) is 13.2 Å². The molecule has 0 heterocycles. The number of carbonyl (C=O) groups excluding carboxylic acids is 3. The molecular formula is C77H130O6. The number of esters is 3. The highest BCUT2D eigenvalue weighted by Crippen LogP contribution is 2.17. The number of rotatable bonds is 63. The highest BCUT2D eigenvalue weighted by molar-refractivity contribution is 5.71. The lowest BCUT2D eigenvalue weighted by molar-refractivity contribution is -0.166. The van der Waals surface area contributed by atoms with E-state index in [1.807, 2.05) is 6.08 Å². The lowest BCUT2D eigenvalue weighted by atomic mass is 10.0. The molecule has 83 heavy (non-hydrogen) atoms. The Kier molecular flexibility index (Phi) is 66.7. The van der Waals surface area contributed by atoms with Gasteiger partial charge < -0.3 is 14.2 Å². The van der Waals surface area contributed by atoms with Crippen LogP contribution in [0.2, 0.25) is 0 Å². The molecule has 0 aliphatic heterocycles. The normalized spacial score (nSPS) is 12.9. The van der Waals surface area contributed by atoms with E-state index in [2.05, 4.69) is 136 Å². The summed E-state index contributed by atoms with van der Waals surface area (Å²) in [7, 11) is 0. The number of ether oxygens (including phenoxy) is 3. The number of hydrogen-bond donors (Lipinski definition) is 0. The van der Waals surface area contributed by atoms with E-state index in [0.717, 1.165) is 116 Å². The summed E-state index contributed by atoms with van der Waals surface area (Å²) < 4.78 is 16.9. The topological polar surface area (TPSA) is 78.9 Å². The van der Waals surface area contributed by atoms with E-state index >= 15 is 0 Å². The van der Waals surface area contributed by atoms with Gasteiger partial charge in [-0.2, -0.15) is 0 Å². The third kappa shape index (κ3) is 68.5. The average Bonchev–Trinajstić information content (AvgIpc) is 3.49. The van der Waals surface area contributed by atoms with Crippen LogP contribution in [0, 0.1) is 0 Å². The lowest BCUT2D eigenvalue weighted by Gasteiger charge is -2.18. The third-order valence-corrected chi connectivity index (χ3v) is 14.9. The Balaban J connectivity index is 4.24. The number of unbranched alkanes of at least 4 members (excludes halogenated alkanes) is 32. The summed E-state index contributed by atoms with van der Waals surface area (Å²) in [6.07, 6.45) is 98.3. The van der Waals surface area contributed by atoms with Gasteiger partial charge in [-0.3, -0.25) is 14.4 Å². The fourth-order valence-electron chi connectivity index (χ4n) is 9.72. The second-order valence-electron chi connectivity index (χ2n) is 23.1. The van der Waals surface area contributed by atoms with Crippen molar-refractivity contribution in [3.05, 3.63) is 122 Å². The summed E-state index contributed by atoms with van der Waals surface area (Å²) in [5.41, 5.74) is 0. The van der Waals surface area contributed by atoms with Gasteiger partial charge in [0, 0.05) is 19.3 Å². The van der Waals surface area contributed by atoms with E-state index in [1.54, 1.807) is 0 Å². The van der Waals surface area contributed by atoms with Gasteiger partial charge >= 0.3 is 17.9 Å². The van der Waals surface area contributed by atoms with Crippen LogP contribution in [-0.2, 0) is 28.6 Å². The molecule has 1 atom stereocenters. The predicted molar refractivity (Wildman–Crippen MR) is 362 cm³/mol. The van der Waals surface area contributed by atoms with Crippen LogP contribution in [0.4, 0.5) is 0 Å². The van der Waals surface area contributed by atoms with Gasteiger partial charge in [0.15, 0.2) is 6.10 Å². The molecule has 6 nitrogen and oxygen atoms in total. The van der Waals surface area contributed by atoms with Crippen molar-refractivity contribution in [1.29, 1.82) is 0 Å². The van der Waals surface area contributed by atoms with E-state index in [1.165, 1.54) is 167 Å². The van der Waals surface area contributed by atoms with E-state index < -0.39 is 12.1 Å². The van der Waals surface area contributed by atoms with Gasteiger partial charge in [0.25, 0.3) is 0 Å². The van der Waals surface area contributed by atoms with Gasteiger partial charge in [-0.15, -0.1) is 0 Å². The Hall–Kier alpha value is -4.19. The lowest BCUT2D eigenvalue weighted by Crippen LogP contribution is -2.30. The molecule has 0 aromatic rings. The molecule has 0 saturated carbocycles. The van der Waals surface area contributed by atoms with Gasteiger partial charge in [0.05, 0.1) is 0 Å². The molecule has 0 aliphatic carbocycles. The van der Waals surface area contributed by atoms with Crippen molar-refractivity contribution < 1.29 is 28.6 Å². The maximum atomic E-state index is 12.9. The van der Waals surface area contributed by atoms with Gasteiger partial charge in [-0.05, 0) is 116 Å². The molecule has 474 valence electrons. The first-order chi connectivity index (χ1) is 41.0. The van der Waals surface area contributed by atoms with Crippen molar-refractivity contribution in [2.45, 2.75) is 335 Å². The summed E-state index contributed by atoms with van der Waals surface area (Å²) in [6, 6.07) is 0. The quantitative estimate of drug-likeness (QED) is 0.0261. The molecule has 0 fully saturated rings. The summed E-state index contributed by atoms with van der Waals surface area (Å²) in [5, 5.41) is 0. The molecule has 0 rings (SSSR count). The Morgan fingerprint density at radius 2 is 0.518 bits per heavy atom. The molecule has 1 unspecified atom stereocenters. The summed E-state index contributed by atoms with van der Waals surface area (Å²) in [4.78, 5) is 38.3. The second-order valence-corrected chi connectivity index (χ2v) is 23.1. The van der Waals surface area contributed by atoms with Crippen LogP contribution in [-0.4, -0.2) is 37.2 Å². The minimum absolute atomic E-state index is 0.113. The molecule has 0 bridgehead atoms. The SMILES string of the molecule is CC/C=C\C/C=C\C/C=C\C/C=C\C/C=C\C/C=C\CCC(=O)OC(COC(=O)CCCCCCC/C=C\C/C=C\CCC)COC(=O)CCCCCCCCCCCCCCCCCCCCCCC/C=C\C/C=C\CCCCCCC. The maximum absolute atomic E-state index is 12.9. The zero-order chi connectivity index (χ0) is 59.9. The first-order valence-corrected chi connectivity index (χ1v) is 35.0. The van der Waals surface area contributed by atoms with Crippen molar-refractivity contribution in [2.24, 2.45) is 0 Å². The van der Waals surface area contributed by atoms with Crippen LogP contribution in [0.25, 0.3) is 0 Å². The molecule has 0 aromatic carbocycles. The van der Waals surface area contributed by atoms with Crippen LogP contribution < -0.4 is 0 Å². The monoisotopic (exact) mass is 1150 g/mol. The smallest absolute Gasteiger partial charge is 0.306 e. The minimum atomic E-state index is -0.827. The predicted octanol–water partition coefficient (Wildman–Crippen LogP) is 24.3. The Labute approximate surface area is 513 Å². The van der Waals surface area contributed by atoms with Crippen molar-refractivity contribution in [1.82, 2.24) is 0 Å². The highest BCUT2D eigenvalue weighted by Gasteiger charge is 2.19. The van der Waals surface area contributed by atoms with Crippen LogP contribution >= 0.6 is 0 Å². The molecule has 0 aromatic heterocycles. The first kappa shape index (κ1) is 78.8. The van der Waals surface area contributed by atoms with Crippen molar-refractivity contribution in [3.8, 4) is 0 Å². The minimum Gasteiger partial charge on any atom is -0.462 e. The molecule has 0 aliphatic rings. The molecule has 0 saturated heterocycles. The van der Waals surface area contributed by atoms with Crippen LogP contribution in [0.5, 0.6) is 0 Å². The fourth-order valence-corrected chi connectivity index (χ4v) is 9.72. The average molecular weight is 1150 g/mol. The van der Waals surface area contributed by atoms with Crippen LogP contribution in [0.15, 0.2) is 122 Å². The van der Waals surface area contributed by atoms with E-state index in [0.29, 0.717) is 19.3 Å². The second kappa shape index (κ2) is 70.3. The molecular weight excluding hydrogens is 1020 g/mol. The molecule has 0 amide bonds. The number of allylic oxidation sites excluding steroid dienone is 20. The van der Waals surface area contributed by atoms with E-state index in [4.69, 9.17) is 14.2 Å². The van der Waals surface area contributed by atoms with Crippen molar-refractivity contribution in [2.75, 3.05) is 13.2 Å². The van der Waals surface area contributed by atoms with E-state index in [9.17, 15) is 14.4 Å². The molecule has 0 N–H and O–H groups in total. The van der Waals surface area contributed by atoms with Gasteiger partial charge in [-0.25, -0.2) is 0 Å². The fraction of sp³-hybridized carbons (Fsp3) is 0.701. The number of hydrogen-bond acceptors (Lipinski definition) is 6. The van der Waals surface area contributed by atoms with Crippen LogP contribution in [0.1, 0.15) is 329 Å². The zero-order valence-corrected chi connectivity index (χ0v) is 54.4. The van der Waals surface area contributed by atoms with E-state index in [-0.39, 0.29) is 31.6 Å². The summed E-state index contributed by atoms with van der Waals surface area (Å²) >= 11 is 0. The Morgan fingerprint density at radius 3 is 0.831 bits per heavy atom. The first-order valence-electron chi connectivity index (χ1n) is 35.0. The Morgan fingerprint density at radius 1 is 0.253 bits per heavy atom. The molecule has 0 spiro atoms. The van der Waals surface area contributed by atoms with Crippen LogP contribution in [0.3, 0.4) is 0 Å². The largest absolute Gasteiger partial charge is 0.462 e. The standard InChI is InChI=1S/C77H130O6/c1-4-7-10-13-16-19-22-25-27-29-31-32-33-34-35-36-37-38-39-40-41-42-43-44-46-47-49-52-55-58-61-64-67-70-76(79)82-73-74(72-81-75(78)69-66-63-60-57-54-51-24-21-18-15-12-9-6-3)83-77(80)71-68-65-62-59-56-53-50-48-45-30-28-26-23-20-17-14-11-8-5-2/h8,11-12,15,17,20-22,24-26,28-29,31,45,48,53,56,62,65,74H,4-7,9-10,13-14,16,18-19,23,27,30,32-44,46-47,49-52,54-55,57-61,63-64,66-73H2,1-3H3/b11-8-,15-12-,20-17-,24-21-,25-22-,28-26-,31-29-,48-45-,56-53-,65-62-. The summed E-state index contributed by atoms with van der Waals surface area (Å²) in [5.74, 6) is -1.00. The Bertz CT molecular complexity index is 1700. The highest BCUT2D eigenvalue weighted by atomic mass is 16.6. The maximum Gasteiger partial charge on any atom is 0.306 e. The summed E-state index contributed by atoms with van der Waals surface area (Å²) in [6.45, 7) is 6.40. The van der Waals surface area contributed by atoms with Gasteiger partial charge in [0.2, 0.25) is 0 Å².